The summed E-state index contributed by atoms with van der Waals surface area (Å²) in [6.45, 7) is 0.841. The van der Waals surface area contributed by atoms with E-state index < -0.39 is 6.17 Å². The van der Waals surface area contributed by atoms with Crippen LogP contribution in [-0.2, 0) is 4.79 Å². The zero-order valence-corrected chi connectivity index (χ0v) is 13.4. The molecule has 1 fully saturated rings. The minimum Gasteiger partial charge on any atom is -0.347 e. The third kappa shape index (κ3) is 3.68. The first-order valence-electron chi connectivity index (χ1n) is 8.23. The van der Waals surface area contributed by atoms with Gasteiger partial charge >= 0.3 is 0 Å². The largest absolute Gasteiger partial charge is 0.347 e. The lowest BCUT2D eigenvalue weighted by Gasteiger charge is -2.31. The number of likely N-dealkylation sites (N-methyl/N-ethyl adjacent to an activating group) is 1. The molecular formula is C17H23FN4O. The second-order valence-electron chi connectivity index (χ2n) is 6.42. The molecule has 1 unspecified atom stereocenters. The van der Waals surface area contributed by atoms with E-state index in [0.717, 1.165) is 19.3 Å². The van der Waals surface area contributed by atoms with Gasteiger partial charge in [0.15, 0.2) is 5.82 Å². The van der Waals surface area contributed by atoms with Crippen molar-refractivity contribution in [1.29, 1.82) is 0 Å². The molecule has 2 heterocycles. The van der Waals surface area contributed by atoms with Crippen LogP contribution in [0, 0.1) is 5.92 Å². The van der Waals surface area contributed by atoms with Crippen molar-refractivity contribution in [2.45, 2.75) is 37.9 Å². The standard InChI is InChI=1S/C17H23FN4O/c1-21(17(23)13-6-3-2-4-7-13)12-15-10-14(18)11-22(15)16-8-5-9-19-20-16/h2-3,5,8-9,13-15H,4,6-7,10-12H2,1H3/t13?,14-,15-/m0/s1. The molecule has 1 amide bonds. The Bertz CT molecular complexity index is 565. The summed E-state index contributed by atoms with van der Waals surface area (Å²) >= 11 is 0. The van der Waals surface area contributed by atoms with E-state index in [-0.39, 0.29) is 17.9 Å². The van der Waals surface area contributed by atoms with E-state index in [4.69, 9.17) is 0 Å². The van der Waals surface area contributed by atoms with Gasteiger partial charge in [-0.05, 0) is 31.4 Å². The van der Waals surface area contributed by atoms with Gasteiger partial charge in [-0.1, -0.05) is 12.2 Å². The Kier molecular flexibility index (Phi) is 4.88. The number of amides is 1. The molecule has 1 aliphatic heterocycles. The number of halogens is 1. The summed E-state index contributed by atoms with van der Waals surface area (Å²) in [7, 11) is 1.82. The molecule has 0 bridgehead atoms. The molecule has 1 aromatic rings. The van der Waals surface area contributed by atoms with Crippen LogP contribution in [-0.4, -0.2) is 53.4 Å². The summed E-state index contributed by atoms with van der Waals surface area (Å²) in [5.41, 5.74) is 0. The lowest BCUT2D eigenvalue weighted by atomic mass is 9.93. The van der Waals surface area contributed by atoms with E-state index in [9.17, 15) is 9.18 Å². The highest BCUT2D eigenvalue weighted by atomic mass is 19.1. The molecule has 0 aromatic carbocycles. The highest BCUT2D eigenvalue weighted by Gasteiger charge is 2.35. The Hall–Kier alpha value is -1.98. The molecule has 0 radical (unpaired) electrons. The molecule has 5 nitrogen and oxygen atoms in total. The van der Waals surface area contributed by atoms with E-state index in [1.807, 2.05) is 18.0 Å². The number of aromatic nitrogens is 2. The van der Waals surface area contributed by atoms with Crippen LogP contribution in [0.15, 0.2) is 30.5 Å². The summed E-state index contributed by atoms with van der Waals surface area (Å²) in [6.07, 6.45) is 8.04. The third-order valence-electron chi connectivity index (χ3n) is 4.70. The van der Waals surface area contributed by atoms with Crippen molar-refractivity contribution in [3.63, 3.8) is 0 Å². The van der Waals surface area contributed by atoms with Crippen LogP contribution in [0.4, 0.5) is 10.2 Å². The van der Waals surface area contributed by atoms with Crippen LogP contribution in [0.1, 0.15) is 25.7 Å². The average molecular weight is 318 g/mol. The number of allylic oxidation sites excluding steroid dienone is 2. The van der Waals surface area contributed by atoms with Gasteiger partial charge in [0.25, 0.3) is 0 Å². The second kappa shape index (κ2) is 7.06. The highest BCUT2D eigenvalue weighted by molar-refractivity contribution is 5.79. The van der Waals surface area contributed by atoms with E-state index in [1.165, 1.54) is 0 Å². The zero-order valence-electron chi connectivity index (χ0n) is 13.4. The number of hydrogen-bond acceptors (Lipinski definition) is 4. The number of rotatable bonds is 4. The van der Waals surface area contributed by atoms with Crippen molar-refractivity contribution in [3.8, 4) is 0 Å². The van der Waals surface area contributed by atoms with Gasteiger partial charge in [-0.25, -0.2) is 4.39 Å². The van der Waals surface area contributed by atoms with Gasteiger partial charge in [-0.3, -0.25) is 4.79 Å². The summed E-state index contributed by atoms with van der Waals surface area (Å²) in [5.74, 6) is 0.910. The molecule has 124 valence electrons. The number of carbonyl (C=O) groups is 1. The minimum absolute atomic E-state index is 0.0465. The zero-order chi connectivity index (χ0) is 16.2. The quantitative estimate of drug-likeness (QED) is 0.799. The lowest BCUT2D eigenvalue weighted by molar-refractivity contribution is -0.134. The lowest BCUT2D eigenvalue weighted by Crippen LogP contribution is -2.43. The maximum absolute atomic E-state index is 13.9. The van der Waals surface area contributed by atoms with Gasteiger partial charge in [-0.2, -0.15) is 5.10 Å². The van der Waals surface area contributed by atoms with E-state index in [1.54, 1.807) is 17.2 Å². The smallest absolute Gasteiger partial charge is 0.225 e. The third-order valence-corrected chi connectivity index (χ3v) is 4.70. The predicted molar refractivity (Wildman–Crippen MR) is 86.8 cm³/mol. The average Bonchev–Trinajstić information content (AvgIpc) is 2.96. The fraction of sp³-hybridized carbons (Fsp3) is 0.588. The van der Waals surface area contributed by atoms with Crippen molar-refractivity contribution in [3.05, 3.63) is 30.5 Å². The summed E-state index contributed by atoms with van der Waals surface area (Å²) in [5, 5.41) is 7.96. The Morgan fingerprint density at radius 3 is 3.04 bits per heavy atom. The molecule has 1 aromatic heterocycles. The van der Waals surface area contributed by atoms with Gasteiger partial charge in [0.1, 0.15) is 6.17 Å². The van der Waals surface area contributed by atoms with Gasteiger partial charge in [0, 0.05) is 32.1 Å². The van der Waals surface area contributed by atoms with Gasteiger partial charge in [0.2, 0.25) is 5.91 Å². The maximum atomic E-state index is 13.9. The molecule has 0 N–H and O–H groups in total. The Balaban J connectivity index is 1.65. The molecule has 0 saturated carbocycles. The number of hydrogen-bond donors (Lipinski definition) is 0. The monoisotopic (exact) mass is 318 g/mol. The molecule has 3 atom stereocenters. The van der Waals surface area contributed by atoms with E-state index >= 15 is 0 Å². The van der Waals surface area contributed by atoms with Crippen molar-refractivity contribution >= 4 is 11.7 Å². The van der Waals surface area contributed by atoms with Gasteiger partial charge in [-0.15, -0.1) is 5.10 Å². The highest BCUT2D eigenvalue weighted by Crippen LogP contribution is 2.27. The molecule has 3 rings (SSSR count). The first kappa shape index (κ1) is 15.9. The number of anilines is 1. The molecule has 1 aliphatic carbocycles. The van der Waals surface area contributed by atoms with Crippen LogP contribution >= 0.6 is 0 Å². The molecule has 6 heteroatoms. The van der Waals surface area contributed by atoms with E-state index in [0.29, 0.717) is 25.3 Å². The van der Waals surface area contributed by atoms with Gasteiger partial charge < -0.3 is 9.80 Å². The molecule has 2 aliphatic rings. The normalized spacial score (nSPS) is 27.2. The van der Waals surface area contributed by atoms with Crippen LogP contribution in [0.25, 0.3) is 0 Å². The molecule has 0 spiro atoms. The molecular weight excluding hydrogens is 295 g/mol. The first-order valence-corrected chi connectivity index (χ1v) is 8.23. The molecule has 1 saturated heterocycles. The Morgan fingerprint density at radius 1 is 1.48 bits per heavy atom. The Labute approximate surface area is 136 Å². The van der Waals surface area contributed by atoms with Crippen LogP contribution in [0.3, 0.4) is 0 Å². The number of carbonyl (C=O) groups excluding carboxylic acids is 1. The predicted octanol–water partition coefficient (Wildman–Crippen LogP) is 2.21. The summed E-state index contributed by atoms with van der Waals surface area (Å²) in [4.78, 5) is 16.3. The minimum atomic E-state index is -0.886. The summed E-state index contributed by atoms with van der Waals surface area (Å²) in [6, 6.07) is 3.59. The number of alkyl halides is 1. The first-order chi connectivity index (χ1) is 11.1. The second-order valence-corrected chi connectivity index (χ2v) is 6.42. The Morgan fingerprint density at radius 2 is 2.35 bits per heavy atom. The van der Waals surface area contributed by atoms with Crippen molar-refractivity contribution in [1.82, 2.24) is 15.1 Å². The van der Waals surface area contributed by atoms with Crippen molar-refractivity contribution in [2.75, 3.05) is 25.0 Å². The summed E-state index contributed by atoms with van der Waals surface area (Å²) < 4.78 is 13.9. The van der Waals surface area contributed by atoms with Crippen molar-refractivity contribution < 1.29 is 9.18 Å². The fourth-order valence-electron chi connectivity index (χ4n) is 3.50. The topological polar surface area (TPSA) is 49.3 Å². The van der Waals surface area contributed by atoms with Crippen LogP contribution in [0.5, 0.6) is 0 Å². The van der Waals surface area contributed by atoms with Gasteiger partial charge in [0.05, 0.1) is 12.6 Å². The van der Waals surface area contributed by atoms with E-state index in [2.05, 4.69) is 22.3 Å². The van der Waals surface area contributed by atoms with Crippen LogP contribution in [0.2, 0.25) is 0 Å². The fourth-order valence-corrected chi connectivity index (χ4v) is 3.50. The maximum Gasteiger partial charge on any atom is 0.225 e. The van der Waals surface area contributed by atoms with Crippen LogP contribution < -0.4 is 4.90 Å². The SMILES string of the molecule is CN(C[C@@H]1C[C@H](F)CN1c1cccnn1)C(=O)C1CC=CCC1. The van der Waals surface area contributed by atoms with Crippen molar-refractivity contribution in [2.24, 2.45) is 5.92 Å². The number of nitrogens with zero attached hydrogens (tertiary/aromatic N) is 4. The molecule has 23 heavy (non-hydrogen) atoms.